The van der Waals surface area contributed by atoms with E-state index in [1.165, 1.54) is 0 Å². The number of alkyl halides is 8. The van der Waals surface area contributed by atoms with Crippen LogP contribution in [0.1, 0.15) is 6.42 Å². The molecule has 0 nitrogen and oxygen atoms in total. The maximum absolute atomic E-state index is 13.0. The van der Waals surface area contributed by atoms with E-state index in [1.807, 2.05) is 0 Å². The SMILES string of the molecule is C=CC(F)(F)C(F)(F)C1CC(F)(F)C1(F)Cl. The minimum atomic E-state index is -5.01. The first-order valence-corrected chi connectivity index (χ1v) is 4.43. The molecule has 1 saturated carbocycles. The van der Waals surface area contributed by atoms with Gasteiger partial charge < -0.3 is 0 Å². The van der Waals surface area contributed by atoms with Crippen LogP contribution in [0.2, 0.25) is 0 Å². The topological polar surface area (TPSA) is 0 Å². The Bertz CT molecular complexity index is 310. The average molecular weight is 271 g/mol. The summed E-state index contributed by atoms with van der Waals surface area (Å²) in [7, 11) is 0. The third kappa shape index (κ3) is 1.51. The van der Waals surface area contributed by atoms with Gasteiger partial charge in [0.1, 0.15) is 0 Å². The summed E-state index contributed by atoms with van der Waals surface area (Å²) in [6.07, 6.45) is -2.15. The Morgan fingerprint density at radius 2 is 1.62 bits per heavy atom. The number of hydrogen-bond donors (Lipinski definition) is 0. The molecule has 0 amide bonds. The van der Waals surface area contributed by atoms with Crippen molar-refractivity contribution in [3.63, 3.8) is 0 Å². The van der Waals surface area contributed by atoms with Crippen LogP contribution in [0.3, 0.4) is 0 Å². The van der Waals surface area contributed by atoms with Gasteiger partial charge in [-0.1, -0.05) is 18.2 Å². The summed E-state index contributed by atoms with van der Waals surface area (Å²) in [5.74, 6) is -17.0. The molecular weight excluding hydrogens is 265 g/mol. The highest BCUT2D eigenvalue weighted by molar-refractivity contribution is 6.24. The summed E-state index contributed by atoms with van der Waals surface area (Å²) in [6, 6.07) is 0. The van der Waals surface area contributed by atoms with Crippen molar-refractivity contribution in [2.75, 3.05) is 0 Å². The van der Waals surface area contributed by atoms with Gasteiger partial charge in [-0.25, -0.2) is 13.2 Å². The normalized spacial score (nSPS) is 34.4. The fourth-order valence-corrected chi connectivity index (χ4v) is 1.66. The molecule has 0 aliphatic heterocycles. The molecule has 0 aromatic carbocycles. The van der Waals surface area contributed by atoms with Gasteiger partial charge in [-0.3, -0.25) is 0 Å². The van der Waals surface area contributed by atoms with Crippen LogP contribution in [0, 0.1) is 5.92 Å². The molecule has 2 atom stereocenters. The number of hydrogen-bond acceptors (Lipinski definition) is 0. The highest BCUT2D eigenvalue weighted by Gasteiger charge is 2.80. The minimum Gasteiger partial charge on any atom is -0.219 e. The second-order valence-electron chi connectivity index (χ2n) is 3.53. The van der Waals surface area contributed by atoms with Crippen LogP contribution in [0.15, 0.2) is 12.7 Å². The van der Waals surface area contributed by atoms with E-state index in [9.17, 15) is 30.7 Å². The van der Waals surface area contributed by atoms with E-state index >= 15 is 0 Å². The Labute approximate surface area is 91.1 Å². The summed E-state index contributed by atoms with van der Waals surface area (Å²) >= 11 is 4.55. The van der Waals surface area contributed by atoms with Crippen LogP contribution in [0.5, 0.6) is 0 Å². The molecule has 2 unspecified atom stereocenters. The standard InChI is InChI=1S/C8H6ClF7/c1-2-5(10,11)8(15,16)4-3-6(12,13)7(4,9)14/h2,4H,1,3H2. The lowest BCUT2D eigenvalue weighted by Crippen LogP contribution is -2.67. The molecule has 0 saturated heterocycles. The molecule has 0 N–H and O–H groups in total. The largest absolute Gasteiger partial charge is 0.328 e. The summed E-state index contributed by atoms with van der Waals surface area (Å²) in [5, 5.41) is -4.16. The minimum absolute atomic E-state index is 0.420. The molecule has 8 heteroatoms. The van der Waals surface area contributed by atoms with Crippen LogP contribution < -0.4 is 0 Å². The van der Waals surface area contributed by atoms with Crippen LogP contribution in [0.4, 0.5) is 30.7 Å². The number of allylic oxidation sites excluding steroid dienone is 1. The second-order valence-corrected chi connectivity index (χ2v) is 4.08. The van der Waals surface area contributed by atoms with E-state index in [0.29, 0.717) is 0 Å². The first-order valence-electron chi connectivity index (χ1n) is 4.05. The molecule has 16 heavy (non-hydrogen) atoms. The average Bonchev–Trinajstić information content (AvgIpc) is 2.13. The lowest BCUT2D eigenvalue weighted by Gasteiger charge is -2.49. The van der Waals surface area contributed by atoms with Gasteiger partial charge in [0.05, 0.1) is 5.92 Å². The lowest BCUT2D eigenvalue weighted by molar-refractivity contribution is -0.309. The molecule has 94 valence electrons. The van der Waals surface area contributed by atoms with Gasteiger partial charge in [-0.05, 0) is 6.08 Å². The van der Waals surface area contributed by atoms with E-state index in [2.05, 4.69) is 18.2 Å². The zero-order chi connectivity index (χ0) is 13.0. The van der Waals surface area contributed by atoms with Crippen LogP contribution in [-0.2, 0) is 0 Å². The van der Waals surface area contributed by atoms with Crippen LogP contribution >= 0.6 is 11.6 Å². The maximum Gasteiger partial charge on any atom is 0.328 e. The lowest BCUT2D eigenvalue weighted by atomic mass is 9.72. The molecule has 1 rings (SSSR count). The molecule has 0 aromatic heterocycles. The van der Waals surface area contributed by atoms with Crippen LogP contribution in [0.25, 0.3) is 0 Å². The van der Waals surface area contributed by atoms with E-state index < -0.39 is 41.3 Å². The van der Waals surface area contributed by atoms with Gasteiger partial charge in [-0.15, -0.1) is 0 Å². The second kappa shape index (κ2) is 3.27. The Balaban J connectivity index is 3.02. The molecule has 1 aliphatic carbocycles. The molecule has 1 aliphatic rings. The van der Waals surface area contributed by atoms with E-state index in [0.717, 1.165) is 0 Å². The molecule has 1 fully saturated rings. The Hall–Kier alpha value is -0.460. The van der Waals surface area contributed by atoms with Crippen molar-refractivity contribution < 1.29 is 30.7 Å². The third-order valence-corrected chi connectivity index (χ3v) is 3.06. The zero-order valence-corrected chi connectivity index (χ0v) is 8.35. The van der Waals surface area contributed by atoms with Gasteiger partial charge >= 0.3 is 11.8 Å². The van der Waals surface area contributed by atoms with Crippen molar-refractivity contribution in [1.82, 2.24) is 0 Å². The molecule has 0 bridgehead atoms. The third-order valence-electron chi connectivity index (χ3n) is 2.52. The van der Waals surface area contributed by atoms with Gasteiger partial charge in [0.25, 0.3) is 11.1 Å². The zero-order valence-electron chi connectivity index (χ0n) is 7.59. The van der Waals surface area contributed by atoms with Crippen molar-refractivity contribution in [2.45, 2.75) is 29.3 Å². The molecule has 0 radical (unpaired) electrons. The summed E-state index contributed by atoms with van der Waals surface area (Å²) in [5.41, 5.74) is 0. The van der Waals surface area contributed by atoms with Crippen molar-refractivity contribution in [3.05, 3.63) is 12.7 Å². The van der Waals surface area contributed by atoms with Crippen molar-refractivity contribution >= 4 is 11.6 Å². The van der Waals surface area contributed by atoms with E-state index in [-0.39, 0.29) is 0 Å². The fourth-order valence-electron chi connectivity index (χ4n) is 1.37. The van der Waals surface area contributed by atoms with E-state index in [1.54, 1.807) is 0 Å². The number of halogens is 8. The van der Waals surface area contributed by atoms with E-state index in [4.69, 9.17) is 0 Å². The Morgan fingerprint density at radius 3 is 1.88 bits per heavy atom. The Kier molecular flexibility index (Phi) is 2.78. The quantitative estimate of drug-likeness (QED) is 0.413. The smallest absolute Gasteiger partial charge is 0.219 e. The summed E-state index contributed by atoms with van der Waals surface area (Å²) in [4.78, 5) is 0. The predicted molar refractivity (Wildman–Crippen MR) is 42.8 cm³/mol. The van der Waals surface area contributed by atoms with Crippen molar-refractivity contribution in [2.24, 2.45) is 5.92 Å². The molecule has 0 heterocycles. The van der Waals surface area contributed by atoms with Gasteiger partial charge in [0, 0.05) is 6.42 Å². The number of rotatable bonds is 3. The maximum atomic E-state index is 13.0. The summed E-state index contributed by atoms with van der Waals surface area (Å²) in [6.45, 7) is 2.44. The van der Waals surface area contributed by atoms with Gasteiger partial charge in [0.15, 0.2) is 0 Å². The van der Waals surface area contributed by atoms with Gasteiger partial charge in [-0.2, -0.15) is 17.6 Å². The monoisotopic (exact) mass is 270 g/mol. The van der Waals surface area contributed by atoms with Crippen molar-refractivity contribution in [3.8, 4) is 0 Å². The molecular formula is C8H6ClF7. The highest BCUT2D eigenvalue weighted by atomic mass is 35.5. The summed E-state index contributed by atoms with van der Waals surface area (Å²) < 4.78 is 89.3. The highest BCUT2D eigenvalue weighted by Crippen LogP contribution is 2.64. The molecule has 0 spiro atoms. The predicted octanol–water partition coefficient (Wildman–Crippen LogP) is 4.00. The first kappa shape index (κ1) is 13.6. The van der Waals surface area contributed by atoms with Crippen molar-refractivity contribution in [1.29, 1.82) is 0 Å². The fraction of sp³-hybridized carbons (Fsp3) is 0.750. The molecule has 0 aromatic rings. The Morgan fingerprint density at radius 1 is 1.19 bits per heavy atom. The van der Waals surface area contributed by atoms with Gasteiger partial charge in [0.2, 0.25) is 0 Å². The first-order chi connectivity index (χ1) is 6.90. The van der Waals surface area contributed by atoms with Crippen LogP contribution in [-0.4, -0.2) is 22.9 Å².